The van der Waals surface area contributed by atoms with E-state index in [-0.39, 0.29) is 17.7 Å². The van der Waals surface area contributed by atoms with Crippen LogP contribution in [-0.2, 0) is 4.79 Å². The van der Waals surface area contributed by atoms with Crippen LogP contribution in [-0.4, -0.2) is 69.1 Å². The molecule has 7 heteroatoms. The summed E-state index contributed by atoms with van der Waals surface area (Å²) in [6.07, 6.45) is 6.03. The van der Waals surface area contributed by atoms with Crippen LogP contribution in [0.3, 0.4) is 0 Å². The average Bonchev–Trinajstić information content (AvgIpc) is 3.06. The number of benzene rings is 1. The number of hydrogen-bond donors (Lipinski definition) is 0. The lowest BCUT2D eigenvalue weighted by Crippen LogP contribution is -2.44. The van der Waals surface area contributed by atoms with Crippen LogP contribution in [0, 0.1) is 5.92 Å². The number of piperidine rings is 1. The first kappa shape index (κ1) is 21.3. The molecule has 0 aromatic heterocycles. The molecule has 3 rings (SSSR count). The molecule has 160 valence electrons. The van der Waals surface area contributed by atoms with Crippen molar-refractivity contribution in [3.63, 3.8) is 0 Å². The molecule has 2 aliphatic rings. The third-order valence-electron chi connectivity index (χ3n) is 5.99. The van der Waals surface area contributed by atoms with E-state index in [1.54, 1.807) is 31.3 Å². The second-order valence-corrected chi connectivity index (χ2v) is 7.71. The predicted octanol–water partition coefficient (Wildman–Crippen LogP) is 2.97. The number of carbonyl (C=O) groups is 2. The molecule has 1 aromatic rings. The highest BCUT2D eigenvalue weighted by Crippen LogP contribution is 2.35. The summed E-state index contributed by atoms with van der Waals surface area (Å²) in [7, 11) is 4.62. The Bertz CT molecular complexity index is 720. The summed E-state index contributed by atoms with van der Waals surface area (Å²) in [6, 6.07) is 3.33. The van der Waals surface area contributed by atoms with E-state index in [2.05, 4.69) is 0 Å². The second kappa shape index (κ2) is 9.85. The first-order valence-corrected chi connectivity index (χ1v) is 10.5. The molecule has 0 aliphatic carbocycles. The Morgan fingerprint density at radius 3 is 1.86 bits per heavy atom. The molecule has 2 aliphatic heterocycles. The first-order valence-electron chi connectivity index (χ1n) is 10.5. The molecule has 0 unspecified atom stereocenters. The van der Waals surface area contributed by atoms with Crippen LogP contribution < -0.4 is 14.2 Å². The van der Waals surface area contributed by atoms with E-state index in [0.717, 1.165) is 25.9 Å². The fourth-order valence-corrected chi connectivity index (χ4v) is 4.25. The molecule has 0 bridgehead atoms. The highest BCUT2D eigenvalue weighted by molar-refractivity contribution is 5.98. The van der Waals surface area contributed by atoms with Crippen LogP contribution in [0.25, 0.3) is 0 Å². The lowest BCUT2D eigenvalue weighted by Gasteiger charge is -2.34. The maximum atomic E-state index is 13.1. The van der Waals surface area contributed by atoms with Gasteiger partial charge in [0.25, 0.3) is 5.91 Å². The largest absolute Gasteiger partial charge is 0.496 e. The number of likely N-dealkylation sites (tertiary alicyclic amines) is 2. The van der Waals surface area contributed by atoms with Crippen molar-refractivity contribution in [3.05, 3.63) is 17.7 Å². The summed E-state index contributed by atoms with van der Waals surface area (Å²) in [5.41, 5.74) is 0.447. The number of amides is 2. The van der Waals surface area contributed by atoms with Gasteiger partial charge in [-0.15, -0.1) is 0 Å². The Morgan fingerprint density at radius 1 is 0.759 bits per heavy atom. The van der Waals surface area contributed by atoms with Gasteiger partial charge >= 0.3 is 0 Å². The molecular weight excluding hydrogens is 372 g/mol. The molecular formula is C22H32N2O5. The monoisotopic (exact) mass is 404 g/mol. The fraction of sp³-hybridized carbons (Fsp3) is 0.636. The van der Waals surface area contributed by atoms with Crippen molar-refractivity contribution in [3.8, 4) is 17.2 Å². The maximum absolute atomic E-state index is 13.1. The molecule has 1 aromatic carbocycles. The highest BCUT2D eigenvalue weighted by atomic mass is 16.5. The number of hydrogen-bond acceptors (Lipinski definition) is 5. The molecule has 0 saturated carbocycles. The Kier molecular flexibility index (Phi) is 7.23. The maximum Gasteiger partial charge on any atom is 0.257 e. The van der Waals surface area contributed by atoms with Crippen molar-refractivity contribution in [1.82, 2.24) is 9.80 Å². The van der Waals surface area contributed by atoms with Crippen molar-refractivity contribution in [2.24, 2.45) is 5.92 Å². The van der Waals surface area contributed by atoms with Gasteiger partial charge in [0.2, 0.25) is 5.91 Å². The third kappa shape index (κ3) is 4.77. The number of ether oxygens (including phenoxy) is 3. The summed E-state index contributed by atoms with van der Waals surface area (Å²) >= 11 is 0. The number of methoxy groups -OCH3 is 3. The fourth-order valence-electron chi connectivity index (χ4n) is 4.25. The Labute approximate surface area is 172 Å². The van der Waals surface area contributed by atoms with E-state index >= 15 is 0 Å². The van der Waals surface area contributed by atoms with Gasteiger partial charge in [-0.2, -0.15) is 0 Å². The molecule has 7 nitrogen and oxygen atoms in total. The number of rotatable bonds is 5. The molecule has 2 heterocycles. The van der Waals surface area contributed by atoms with Crippen LogP contribution in [0.5, 0.6) is 17.2 Å². The van der Waals surface area contributed by atoms with E-state index < -0.39 is 0 Å². The minimum Gasteiger partial charge on any atom is -0.496 e. The number of nitrogens with zero attached hydrogens (tertiary/aromatic N) is 2. The molecule has 2 amide bonds. The molecule has 29 heavy (non-hydrogen) atoms. The average molecular weight is 405 g/mol. The molecule has 0 spiro atoms. The van der Waals surface area contributed by atoms with Crippen LogP contribution in [0.4, 0.5) is 0 Å². The standard InChI is InChI=1S/C22H32N2O5/c1-27-18-15-20(29-3)19(28-2)14-17(18)22(26)24-12-8-16(9-13-24)21(25)23-10-6-4-5-7-11-23/h14-16H,4-13H2,1-3H3. The van der Waals surface area contributed by atoms with E-state index in [1.165, 1.54) is 20.0 Å². The van der Waals surface area contributed by atoms with Gasteiger partial charge in [-0.25, -0.2) is 0 Å². The quantitative estimate of drug-likeness (QED) is 0.755. The van der Waals surface area contributed by atoms with Crippen LogP contribution >= 0.6 is 0 Å². The van der Waals surface area contributed by atoms with E-state index in [4.69, 9.17) is 14.2 Å². The van der Waals surface area contributed by atoms with Crippen LogP contribution in [0.15, 0.2) is 12.1 Å². The van der Waals surface area contributed by atoms with Crippen molar-refractivity contribution in [2.45, 2.75) is 38.5 Å². The zero-order valence-corrected chi connectivity index (χ0v) is 17.7. The summed E-state index contributed by atoms with van der Waals surface area (Å²) in [5, 5.41) is 0. The summed E-state index contributed by atoms with van der Waals surface area (Å²) in [4.78, 5) is 29.8. The van der Waals surface area contributed by atoms with Gasteiger partial charge < -0.3 is 24.0 Å². The minimum absolute atomic E-state index is 0.0180. The van der Waals surface area contributed by atoms with Gasteiger partial charge in [0.1, 0.15) is 5.75 Å². The number of carbonyl (C=O) groups excluding carboxylic acids is 2. The molecule has 0 radical (unpaired) electrons. The zero-order valence-electron chi connectivity index (χ0n) is 17.7. The lowest BCUT2D eigenvalue weighted by atomic mass is 9.94. The van der Waals surface area contributed by atoms with Crippen molar-refractivity contribution in [2.75, 3.05) is 47.5 Å². The predicted molar refractivity (Wildman–Crippen MR) is 110 cm³/mol. The van der Waals surface area contributed by atoms with Gasteiger partial charge in [-0.05, 0) is 25.7 Å². The Hall–Kier alpha value is -2.44. The summed E-state index contributed by atoms with van der Waals surface area (Å²) < 4.78 is 16.0. The third-order valence-corrected chi connectivity index (χ3v) is 5.99. The molecule has 2 saturated heterocycles. The summed E-state index contributed by atoms with van der Waals surface area (Å²) in [6.45, 7) is 2.89. The normalized spacial score (nSPS) is 18.2. The Morgan fingerprint density at radius 2 is 1.31 bits per heavy atom. The highest BCUT2D eigenvalue weighted by Gasteiger charge is 2.32. The minimum atomic E-state index is -0.108. The van der Waals surface area contributed by atoms with Gasteiger partial charge in [0.15, 0.2) is 11.5 Å². The molecule has 0 atom stereocenters. The zero-order chi connectivity index (χ0) is 20.8. The first-order chi connectivity index (χ1) is 14.1. The van der Waals surface area contributed by atoms with Crippen molar-refractivity contribution < 1.29 is 23.8 Å². The van der Waals surface area contributed by atoms with Gasteiger partial charge in [-0.3, -0.25) is 9.59 Å². The topological polar surface area (TPSA) is 68.3 Å². The van der Waals surface area contributed by atoms with E-state index in [0.29, 0.717) is 48.7 Å². The Balaban J connectivity index is 1.66. The smallest absolute Gasteiger partial charge is 0.257 e. The van der Waals surface area contributed by atoms with E-state index in [9.17, 15) is 9.59 Å². The van der Waals surface area contributed by atoms with Gasteiger partial charge in [0, 0.05) is 44.2 Å². The van der Waals surface area contributed by atoms with Crippen molar-refractivity contribution >= 4 is 11.8 Å². The van der Waals surface area contributed by atoms with Gasteiger partial charge in [-0.1, -0.05) is 12.8 Å². The second-order valence-electron chi connectivity index (χ2n) is 7.71. The van der Waals surface area contributed by atoms with Crippen LogP contribution in [0.1, 0.15) is 48.9 Å². The molecule has 2 fully saturated rings. The SMILES string of the molecule is COc1cc(OC)c(C(=O)N2CCC(C(=O)N3CCCCCC3)CC2)cc1OC. The van der Waals surface area contributed by atoms with Crippen molar-refractivity contribution in [1.29, 1.82) is 0 Å². The van der Waals surface area contributed by atoms with Crippen LogP contribution in [0.2, 0.25) is 0 Å². The van der Waals surface area contributed by atoms with E-state index in [1.807, 2.05) is 4.90 Å². The summed E-state index contributed by atoms with van der Waals surface area (Å²) in [5.74, 6) is 1.64. The lowest BCUT2D eigenvalue weighted by molar-refractivity contribution is -0.136. The van der Waals surface area contributed by atoms with Gasteiger partial charge in [0.05, 0.1) is 26.9 Å². The molecule has 0 N–H and O–H groups in total.